The van der Waals surface area contributed by atoms with Gasteiger partial charge in [-0.15, -0.1) is 0 Å². The summed E-state index contributed by atoms with van der Waals surface area (Å²) in [4.78, 5) is 0. The van der Waals surface area contributed by atoms with Gasteiger partial charge in [0.1, 0.15) is 5.76 Å². The fourth-order valence-corrected chi connectivity index (χ4v) is 5.96. The van der Waals surface area contributed by atoms with E-state index in [2.05, 4.69) is 34.2 Å². The first-order valence-electron chi connectivity index (χ1n) is 8.10. The SMILES string of the molecule is CC(NCc1ccc(Br)o1)C12CC3CC(CC(C3)C1)C2. The van der Waals surface area contributed by atoms with Gasteiger partial charge in [0.2, 0.25) is 0 Å². The summed E-state index contributed by atoms with van der Waals surface area (Å²) in [5.74, 6) is 4.13. The average Bonchev–Trinajstić information content (AvgIpc) is 2.80. The number of hydrogen-bond donors (Lipinski definition) is 1. The van der Waals surface area contributed by atoms with Crippen LogP contribution in [-0.4, -0.2) is 6.04 Å². The third-order valence-corrected chi connectivity index (χ3v) is 6.64. The summed E-state index contributed by atoms with van der Waals surface area (Å²) in [6, 6.07) is 4.65. The molecule has 5 rings (SSSR count). The van der Waals surface area contributed by atoms with Crippen LogP contribution in [0.4, 0.5) is 0 Å². The fourth-order valence-electron chi connectivity index (χ4n) is 5.62. The van der Waals surface area contributed by atoms with Gasteiger partial charge in [-0.2, -0.15) is 0 Å². The molecule has 4 saturated carbocycles. The molecular weight excluding hydrogens is 314 g/mol. The molecule has 1 N–H and O–H groups in total. The summed E-state index contributed by atoms with van der Waals surface area (Å²) < 4.78 is 6.44. The van der Waals surface area contributed by atoms with Gasteiger partial charge in [-0.1, -0.05) is 0 Å². The van der Waals surface area contributed by atoms with Gasteiger partial charge in [0.15, 0.2) is 4.67 Å². The van der Waals surface area contributed by atoms with Crippen LogP contribution in [0.3, 0.4) is 0 Å². The minimum Gasteiger partial charge on any atom is -0.453 e. The van der Waals surface area contributed by atoms with E-state index in [-0.39, 0.29) is 0 Å². The second-order valence-electron chi connectivity index (χ2n) is 7.59. The van der Waals surface area contributed by atoms with E-state index in [1.807, 2.05) is 6.07 Å². The van der Waals surface area contributed by atoms with E-state index in [0.29, 0.717) is 11.5 Å². The van der Waals surface area contributed by atoms with E-state index in [1.165, 1.54) is 38.5 Å². The molecular formula is C17H24BrNO. The Hall–Kier alpha value is -0.280. The van der Waals surface area contributed by atoms with Crippen molar-refractivity contribution in [2.45, 2.75) is 58.0 Å². The van der Waals surface area contributed by atoms with Gasteiger partial charge in [0.05, 0.1) is 6.54 Å². The van der Waals surface area contributed by atoms with Crippen LogP contribution < -0.4 is 5.32 Å². The molecule has 1 aromatic heterocycles. The van der Waals surface area contributed by atoms with E-state index >= 15 is 0 Å². The van der Waals surface area contributed by atoms with Crippen LogP contribution in [0.5, 0.6) is 0 Å². The zero-order chi connectivity index (χ0) is 13.7. The molecule has 110 valence electrons. The second kappa shape index (κ2) is 4.88. The van der Waals surface area contributed by atoms with Crippen molar-refractivity contribution in [1.82, 2.24) is 5.32 Å². The molecule has 0 amide bonds. The van der Waals surface area contributed by atoms with E-state index < -0.39 is 0 Å². The Morgan fingerprint density at radius 2 is 1.80 bits per heavy atom. The van der Waals surface area contributed by atoms with Crippen molar-refractivity contribution >= 4 is 15.9 Å². The van der Waals surface area contributed by atoms with Crippen molar-refractivity contribution in [3.63, 3.8) is 0 Å². The van der Waals surface area contributed by atoms with Gasteiger partial charge in [0, 0.05) is 6.04 Å². The number of nitrogens with one attached hydrogen (secondary N) is 1. The third kappa shape index (κ3) is 2.27. The summed E-state index contributed by atoms with van der Waals surface area (Å²) >= 11 is 3.38. The standard InChI is InChI=1S/C17H24BrNO/c1-11(19-10-15-2-3-16(18)20-15)17-7-12-4-13(8-17)6-14(5-12)9-17/h2-3,11-14,19H,4-10H2,1H3. The van der Waals surface area contributed by atoms with Crippen molar-refractivity contribution in [1.29, 1.82) is 0 Å². The Labute approximate surface area is 129 Å². The van der Waals surface area contributed by atoms with Crippen molar-refractivity contribution in [3.8, 4) is 0 Å². The van der Waals surface area contributed by atoms with Crippen LogP contribution in [0, 0.1) is 23.2 Å². The molecule has 0 aromatic carbocycles. The Morgan fingerprint density at radius 3 is 2.30 bits per heavy atom. The normalized spacial score (nSPS) is 40.2. The van der Waals surface area contributed by atoms with E-state index in [9.17, 15) is 0 Å². The average molecular weight is 338 g/mol. The predicted molar refractivity (Wildman–Crippen MR) is 83.3 cm³/mol. The molecule has 0 aliphatic heterocycles. The van der Waals surface area contributed by atoms with Crippen molar-refractivity contribution in [3.05, 3.63) is 22.6 Å². The van der Waals surface area contributed by atoms with Gasteiger partial charge >= 0.3 is 0 Å². The minimum absolute atomic E-state index is 0.582. The molecule has 3 heteroatoms. The Balaban J connectivity index is 1.44. The smallest absolute Gasteiger partial charge is 0.169 e. The molecule has 4 fully saturated rings. The maximum Gasteiger partial charge on any atom is 0.169 e. The lowest BCUT2D eigenvalue weighted by Crippen LogP contribution is -2.54. The first kappa shape index (κ1) is 13.4. The lowest BCUT2D eigenvalue weighted by molar-refractivity contribution is -0.0708. The number of furan rings is 1. The highest BCUT2D eigenvalue weighted by molar-refractivity contribution is 9.10. The van der Waals surface area contributed by atoms with E-state index in [4.69, 9.17) is 4.42 Å². The Morgan fingerprint density at radius 1 is 1.20 bits per heavy atom. The number of hydrogen-bond acceptors (Lipinski definition) is 2. The van der Waals surface area contributed by atoms with Crippen molar-refractivity contribution in [2.75, 3.05) is 0 Å². The highest BCUT2D eigenvalue weighted by atomic mass is 79.9. The van der Waals surface area contributed by atoms with E-state index in [0.717, 1.165) is 34.7 Å². The van der Waals surface area contributed by atoms with Crippen molar-refractivity contribution < 1.29 is 4.42 Å². The molecule has 1 atom stereocenters. The summed E-state index contributed by atoms with van der Waals surface area (Å²) in [5, 5.41) is 3.75. The van der Waals surface area contributed by atoms with Gasteiger partial charge in [-0.05, 0) is 96.7 Å². The van der Waals surface area contributed by atoms with Crippen LogP contribution in [0.25, 0.3) is 0 Å². The molecule has 1 unspecified atom stereocenters. The summed E-state index contributed by atoms with van der Waals surface area (Å²) in [6.45, 7) is 3.26. The summed E-state index contributed by atoms with van der Waals surface area (Å²) in [5.41, 5.74) is 0.582. The monoisotopic (exact) mass is 337 g/mol. The molecule has 20 heavy (non-hydrogen) atoms. The highest BCUT2D eigenvalue weighted by Crippen LogP contribution is 2.61. The lowest BCUT2D eigenvalue weighted by Gasteiger charge is -2.59. The summed E-state index contributed by atoms with van der Waals surface area (Å²) in [7, 11) is 0. The molecule has 0 spiro atoms. The molecule has 4 aliphatic rings. The molecule has 1 aromatic rings. The van der Waals surface area contributed by atoms with Crippen LogP contribution in [0.2, 0.25) is 0 Å². The number of rotatable bonds is 4. The van der Waals surface area contributed by atoms with Gasteiger partial charge in [-0.25, -0.2) is 0 Å². The van der Waals surface area contributed by atoms with Crippen LogP contribution >= 0.6 is 15.9 Å². The Kier molecular flexibility index (Phi) is 3.26. The molecule has 2 nitrogen and oxygen atoms in total. The molecule has 4 bridgehead atoms. The summed E-state index contributed by atoms with van der Waals surface area (Å²) in [6.07, 6.45) is 8.98. The topological polar surface area (TPSA) is 25.2 Å². The molecule has 1 heterocycles. The first-order valence-corrected chi connectivity index (χ1v) is 8.90. The predicted octanol–water partition coefficient (Wildman–Crippen LogP) is 4.74. The third-order valence-electron chi connectivity index (χ3n) is 6.22. The number of halogens is 1. The Bertz CT molecular complexity index is 460. The fraction of sp³-hybridized carbons (Fsp3) is 0.765. The zero-order valence-corrected chi connectivity index (χ0v) is 13.8. The highest BCUT2D eigenvalue weighted by Gasteiger charge is 2.52. The van der Waals surface area contributed by atoms with Gasteiger partial charge < -0.3 is 9.73 Å². The van der Waals surface area contributed by atoms with Gasteiger partial charge in [-0.3, -0.25) is 0 Å². The van der Waals surface area contributed by atoms with Crippen molar-refractivity contribution in [2.24, 2.45) is 23.2 Å². The maximum atomic E-state index is 5.61. The zero-order valence-electron chi connectivity index (χ0n) is 12.2. The quantitative estimate of drug-likeness (QED) is 0.858. The lowest BCUT2D eigenvalue weighted by atomic mass is 9.48. The molecule has 0 saturated heterocycles. The van der Waals surface area contributed by atoms with Crippen LogP contribution in [-0.2, 0) is 6.54 Å². The molecule has 4 aliphatic carbocycles. The molecule has 0 radical (unpaired) electrons. The van der Waals surface area contributed by atoms with Crippen LogP contribution in [0.1, 0.15) is 51.2 Å². The van der Waals surface area contributed by atoms with Crippen LogP contribution in [0.15, 0.2) is 21.2 Å². The van der Waals surface area contributed by atoms with Gasteiger partial charge in [0.25, 0.3) is 0 Å². The largest absolute Gasteiger partial charge is 0.453 e. The first-order chi connectivity index (χ1) is 9.63. The maximum absolute atomic E-state index is 5.61. The second-order valence-corrected chi connectivity index (χ2v) is 8.37. The minimum atomic E-state index is 0.582. The van der Waals surface area contributed by atoms with E-state index in [1.54, 1.807) is 0 Å².